The SMILES string of the molecule is CC(=O)c1c(C)cc(C)c(COC(=O)CCn2c(=O)oc3cc(Cl)ccc32)c1C. The van der Waals surface area contributed by atoms with Gasteiger partial charge in [-0.1, -0.05) is 17.7 Å². The first kappa shape index (κ1) is 20.9. The molecule has 0 aliphatic carbocycles. The molecule has 152 valence electrons. The van der Waals surface area contributed by atoms with Gasteiger partial charge < -0.3 is 9.15 Å². The number of nitrogens with zero attached hydrogens (tertiary/aromatic N) is 1. The van der Waals surface area contributed by atoms with Gasteiger partial charge in [0.2, 0.25) is 0 Å². The summed E-state index contributed by atoms with van der Waals surface area (Å²) in [5.41, 5.74) is 5.14. The van der Waals surface area contributed by atoms with Crippen LogP contribution < -0.4 is 5.76 Å². The van der Waals surface area contributed by atoms with Gasteiger partial charge >= 0.3 is 11.7 Å². The van der Waals surface area contributed by atoms with E-state index in [2.05, 4.69) is 0 Å². The third kappa shape index (κ3) is 4.27. The molecule has 0 aliphatic rings. The number of hydrogen-bond acceptors (Lipinski definition) is 5. The van der Waals surface area contributed by atoms with Gasteiger partial charge in [-0.3, -0.25) is 14.2 Å². The molecule has 1 aromatic heterocycles. The summed E-state index contributed by atoms with van der Waals surface area (Å²) in [5, 5.41) is 0.464. The number of Topliss-reactive ketones (excluding diaryl/α,β-unsaturated/α-hetero) is 1. The van der Waals surface area contributed by atoms with E-state index in [4.69, 9.17) is 20.8 Å². The number of benzene rings is 2. The van der Waals surface area contributed by atoms with Crippen molar-refractivity contribution in [2.75, 3.05) is 0 Å². The van der Waals surface area contributed by atoms with Crippen molar-refractivity contribution in [3.8, 4) is 0 Å². The molecule has 3 rings (SSSR count). The van der Waals surface area contributed by atoms with Gasteiger partial charge in [0.1, 0.15) is 6.61 Å². The third-order valence-electron chi connectivity index (χ3n) is 5.03. The molecule has 0 aliphatic heterocycles. The van der Waals surface area contributed by atoms with E-state index in [1.165, 1.54) is 11.5 Å². The molecule has 0 N–H and O–H groups in total. The van der Waals surface area contributed by atoms with Gasteiger partial charge in [-0.15, -0.1) is 0 Å². The van der Waals surface area contributed by atoms with Crippen LogP contribution >= 0.6 is 11.6 Å². The van der Waals surface area contributed by atoms with Crippen LogP contribution in [0.5, 0.6) is 0 Å². The number of fused-ring (bicyclic) bond motifs is 1. The fourth-order valence-electron chi connectivity index (χ4n) is 3.67. The molecule has 0 atom stereocenters. The fourth-order valence-corrected chi connectivity index (χ4v) is 3.83. The minimum Gasteiger partial charge on any atom is -0.461 e. The van der Waals surface area contributed by atoms with Crippen LogP contribution in [-0.4, -0.2) is 16.3 Å². The Bertz CT molecular complexity index is 1170. The van der Waals surface area contributed by atoms with Gasteiger partial charge in [0.15, 0.2) is 11.4 Å². The van der Waals surface area contributed by atoms with Gasteiger partial charge in [-0.25, -0.2) is 4.79 Å². The van der Waals surface area contributed by atoms with Crippen molar-refractivity contribution in [3.63, 3.8) is 0 Å². The molecule has 29 heavy (non-hydrogen) atoms. The van der Waals surface area contributed by atoms with Gasteiger partial charge in [-0.2, -0.15) is 0 Å². The molecule has 2 aromatic carbocycles. The monoisotopic (exact) mass is 415 g/mol. The second kappa shape index (κ2) is 8.25. The van der Waals surface area contributed by atoms with E-state index in [-0.39, 0.29) is 25.4 Å². The van der Waals surface area contributed by atoms with Crippen LogP contribution in [0.3, 0.4) is 0 Å². The van der Waals surface area contributed by atoms with Crippen molar-refractivity contribution in [1.82, 2.24) is 4.57 Å². The van der Waals surface area contributed by atoms with Gasteiger partial charge in [0.05, 0.1) is 11.9 Å². The topological polar surface area (TPSA) is 78.5 Å². The summed E-state index contributed by atoms with van der Waals surface area (Å²) in [5.74, 6) is -1.01. The third-order valence-corrected chi connectivity index (χ3v) is 5.27. The number of ketones is 1. The number of halogens is 1. The van der Waals surface area contributed by atoms with Crippen molar-refractivity contribution in [2.45, 2.75) is 47.3 Å². The van der Waals surface area contributed by atoms with Crippen molar-refractivity contribution in [1.29, 1.82) is 0 Å². The van der Waals surface area contributed by atoms with E-state index in [1.807, 2.05) is 26.8 Å². The minimum absolute atomic E-state index is 0.0146. The predicted octanol–water partition coefficient (Wildman–Crippen LogP) is 4.51. The molecular formula is C22H22ClNO5. The molecule has 3 aromatic rings. The Balaban J connectivity index is 1.70. The summed E-state index contributed by atoms with van der Waals surface area (Å²) in [6, 6.07) is 6.82. The van der Waals surface area contributed by atoms with Crippen LogP contribution in [0.4, 0.5) is 0 Å². The average molecular weight is 416 g/mol. The van der Waals surface area contributed by atoms with Crippen LogP contribution in [-0.2, 0) is 22.7 Å². The van der Waals surface area contributed by atoms with Crippen LogP contribution in [0.25, 0.3) is 11.1 Å². The lowest BCUT2D eigenvalue weighted by Gasteiger charge is -2.16. The first-order chi connectivity index (χ1) is 13.7. The zero-order chi connectivity index (χ0) is 21.3. The second-order valence-corrected chi connectivity index (χ2v) is 7.52. The molecule has 0 saturated heterocycles. The van der Waals surface area contributed by atoms with E-state index in [0.29, 0.717) is 21.7 Å². The number of rotatable bonds is 6. The Morgan fingerprint density at radius 1 is 1.14 bits per heavy atom. The zero-order valence-electron chi connectivity index (χ0n) is 16.8. The quantitative estimate of drug-likeness (QED) is 0.437. The van der Waals surface area contributed by atoms with Crippen molar-refractivity contribution in [2.24, 2.45) is 0 Å². The lowest BCUT2D eigenvalue weighted by Crippen LogP contribution is -2.18. The summed E-state index contributed by atoms with van der Waals surface area (Å²) in [6.45, 7) is 7.43. The molecule has 0 spiro atoms. The summed E-state index contributed by atoms with van der Waals surface area (Å²) >= 11 is 5.91. The molecule has 0 saturated carbocycles. The molecular weight excluding hydrogens is 394 g/mol. The van der Waals surface area contributed by atoms with Crippen LogP contribution in [0, 0.1) is 20.8 Å². The number of carbonyl (C=O) groups excluding carboxylic acids is 2. The van der Waals surface area contributed by atoms with Crippen molar-refractivity contribution in [3.05, 3.63) is 67.7 Å². The summed E-state index contributed by atoms with van der Waals surface area (Å²) in [6.07, 6.45) is 0.0146. The Kier molecular flexibility index (Phi) is 5.94. The molecule has 1 heterocycles. The average Bonchev–Trinajstić information content (AvgIpc) is 2.93. The Morgan fingerprint density at radius 2 is 1.86 bits per heavy atom. The fraction of sp³-hybridized carbons (Fsp3) is 0.318. The maximum Gasteiger partial charge on any atom is 0.419 e. The lowest BCUT2D eigenvalue weighted by molar-refractivity contribution is -0.145. The molecule has 0 radical (unpaired) electrons. The Labute approximate surface area is 173 Å². The van der Waals surface area contributed by atoms with Crippen molar-refractivity contribution < 1.29 is 18.7 Å². The lowest BCUT2D eigenvalue weighted by atomic mass is 9.92. The highest BCUT2D eigenvalue weighted by atomic mass is 35.5. The Morgan fingerprint density at radius 3 is 2.55 bits per heavy atom. The predicted molar refractivity (Wildman–Crippen MR) is 111 cm³/mol. The standard InChI is InChI=1S/C22H22ClNO5/c1-12-9-13(2)21(15(4)25)14(3)17(12)11-28-20(26)7-8-24-18-6-5-16(23)10-19(18)29-22(24)27/h5-6,9-10H,7-8,11H2,1-4H3. The second-order valence-electron chi connectivity index (χ2n) is 7.09. The molecule has 0 fully saturated rings. The van der Waals surface area contributed by atoms with Gasteiger partial charge in [0.25, 0.3) is 0 Å². The molecule has 0 bridgehead atoms. The number of aryl methyl sites for hydroxylation is 3. The number of esters is 1. The van der Waals surface area contributed by atoms with E-state index >= 15 is 0 Å². The molecule has 7 heteroatoms. The van der Waals surface area contributed by atoms with Gasteiger partial charge in [0, 0.05) is 23.2 Å². The summed E-state index contributed by atoms with van der Waals surface area (Å²) in [7, 11) is 0. The minimum atomic E-state index is -0.550. The number of hydrogen-bond donors (Lipinski definition) is 0. The normalized spacial score (nSPS) is 11.1. The number of carbonyl (C=O) groups is 2. The summed E-state index contributed by atoms with van der Waals surface area (Å²) < 4.78 is 12.0. The molecule has 0 amide bonds. The number of ether oxygens (including phenoxy) is 1. The smallest absolute Gasteiger partial charge is 0.419 e. The highest BCUT2D eigenvalue weighted by Crippen LogP contribution is 2.24. The van der Waals surface area contributed by atoms with E-state index in [0.717, 1.165) is 22.3 Å². The highest BCUT2D eigenvalue weighted by Gasteiger charge is 2.16. The zero-order valence-corrected chi connectivity index (χ0v) is 17.6. The van der Waals surface area contributed by atoms with E-state index in [1.54, 1.807) is 18.2 Å². The highest BCUT2D eigenvalue weighted by molar-refractivity contribution is 6.31. The van der Waals surface area contributed by atoms with E-state index in [9.17, 15) is 14.4 Å². The Hall–Kier alpha value is -2.86. The van der Waals surface area contributed by atoms with Crippen LogP contribution in [0.2, 0.25) is 5.02 Å². The first-order valence-electron chi connectivity index (χ1n) is 9.24. The summed E-state index contributed by atoms with van der Waals surface area (Å²) in [4.78, 5) is 36.2. The maximum atomic E-state index is 12.3. The number of oxazole rings is 1. The molecule has 6 nitrogen and oxygen atoms in total. The maximum absolute atomic E-state index is 12.3. The molecule has 0 unspecified atom stereocenters. The van der Waals surface area contributed by atoms with Crippen LogP contribution in [0.1, 0.15) is 46.0 Å². The largest absolute Gasteiger partial charge is 0.461 e. The number of aromatic nitrogens is 1. The van der Waals surface area contributed by atoms with Gasteiger partial charge in [-0.05, 0) is 62.1 Å². The van der Waals surface area contributed by atoms with E-state index < -0.39 is 11.7 Å². The first-order valence-corrected chi connectivity index (χ1v) is 9.62. The van der Waals surface area contributed by atoms with Crippen LogP contribution in [0.15, 0.2) is 33.5 Å². The van der Waals surface area contributed by atoms with Crippen molar-refractivity contribution >= 4 is 34.5 Å².